The number of benzene rings is 1. The van der Waals surface area contributed by atoms with E-state index in [9.17, 15) is 19.5 Å². The first kappa shape index (κ1) is 23.5. The van der Waals surface area contributed by atoms with E-state index in [1.165, 1.54) is 0 Å². The van der Waals surface area contributed by atoms with Crippen LogP contribution in [0.5, 0.6) is 0 Å². The number of amides is 1. The molecule has 31 heavy (non-hydrogen) atoms. The van der Waals surface area contributed by atoms with Crippen molar-refractivity contribution in [3.8, 4) is 6.07 Å². The summed E-state index contributed by atoms with van der Waals surface area (Å²) < 4.78 is 5.11. The summed E-state index contributed by atoms with van der Waals surface area (Å²) in [5, 5.41) is 22.5. The smallest absolute Gasteiger partial charge is 0.328 e. The van der Waals surface area contributed by atoms with E-state index < -0.39 is 35.9 Å². The monoisotopic (exact) mass is 425 g/mol. The summed E-state index contributed by atoms with van der Waals surface area (Å²) in [5.74, 6) is -2.06. The third kappa shape index (κ3) is 6.60. The molecule has 0 aliphatic heterocycles. The van der Waals surface area contributed by atoms with Crippen molar-refractivity contribution in [3.05, 3.63) is 41.1 Å². The van der Waals surface area contributed by atoms with Gasteiger partial charge in [-0.1, -0.05) is 6.07 Å². The lowest BCUT2D eigenvalue weighted by molar-refractivity contribution is -0.152. The summed E-state index contributed by atoms with van der Waals surface area (Å²) in [5.41, 5.74) is 10.3. The fourth-order valence-corrected chi connectivity index (χ4v) is 2.97. The van der Waals surface area contributed by atoms with Crippen LogP contribution in [0.15, 0.2) is 24.4 Å². The lowest BCUT2D eigenvalue weighted by atomic mass is 10.0. The number of nitriles is 1. The van der Waals surface area contributed by atoms with Crippen LogP contribution in [0.25, 0.3) is 16.4 Å². The summed E-state index contributed by atoms with van der Waals surface area (Å²) in [4.78, 5) is 42.0. The highest BCUT2D eigenvalue weighted by Crippen LogP contribution is 2.21. The molecule has 2 rings (SSSR count). The summed E-state index contributed by atoms with van der Waals surface area (Å²) >= 11 is 0. The molecule has 10 heteroatoms. The molecule has 0 aliphatic rings. The van der Waals surface area contributed by atoms with E-state index in [0.29, 0.717) is 22.9 Å². The fraction of sp³-hybridized carbons (Fsp3) is 0.381. The maximum atomic E-state index is 12.5. The first-order valence-corrected chi connectivity index (χ1v) is 9.64. The number of rotatable bonds is 10. The Morgan fingerprint density at radius 2 is 2.13 bits per heavy atom. The van der Waals surface area contributed by atoms with Gasteiger partial charge in [0, 0.05) is 29.9 Å². The number of fused-ring (bicyclic) bond motifs is 1. The Morgan fingerprint density at radius 3 is 2.77 bits per heavy atom. The quantitative estimate of drug-likeness (QED) is 0.222. The molecule has 0 saturated heterocycles. The number of aliphatic hydroxyl groups is 1. The number of ether oxygens (including phenoxy) is 1. The number of esters is 1. The Kier molecular flexibility index (Phi) is 8.20. The van der Waals surface area contributed by atoms with Crippen LogP contribution in [-0.2, 0) is 25.5 Å². The molecule has 0 spiro atoms. The van der Waals surface area contributed by atoms with E-state index in [0.717, 1.165) is 5.39 Å². The van der Waals surface area contributed by atoms with Crippen molar-refractivity contribution in [2.24, 2.45) is 0 Å². The van der Waals surface area contributed by atoms with Crippen molar-refractivity contribution in [1.82, 2.24) is 10.3 Å². The second-order valence-corrected chi connectivity index (χ2v) is 7.20. The molecule has 3 N–H and O–H groups in total. The van der Waals surface area contributed by atoms with Gasteiger partial charge in [-0.15, -0.1) is 0 Å². The Hall–Kier alpha value is -3.80. The van der Waals surface area contributed by atoms with Crippen molar-refractivity contribution in [2.45, 2.75) is 51.4 Å². The molecule has 0 radical (unpaired) electrons. The normalized spacial score (nSPS) is 12.5. The number of hydrogen-bond acceptors (Lipinski definition) is 6. The van der Waals surface area contributed by atoms with E-state index >= 15 is 0 Å². The van der Waals surface area contributed by atoms with Crippen molar-refractivity contribution >= 4 is 34.8 Å². The highest BCUT2D eigenvalue weighted by molar-refractivity contribution is 6.25. The Morgan fingerprint density at radius 1 is 1.39 bits per heavy atom. The number of aliphatic hydroxyl groups excluding tert-OH is 1. The number of nitrogens with one attached hydrogen (secondary N) is 2. The SMILES string of the molecule is CC(C)OC(=O)[C@H](CCC(=O)C=[N+]=[N-])NC(=O)[C@@H](O)Cc1c[nH]c2cc(C#N)ccc12. The van der Waals surface area contributed by atoms with Gasteiger partial charge >= 0.3 is 12.2 Å². The molecule has 1 aromatic heterocycles. The minimum Gasteiger partial charge on any atom is -0.461 e. The van der Waals surface area contributed by atoms with Crippen LogP contribution >= 0.6 is 0 Å². The molecule has 0 unspecified atom stereocenters. The number of carbonyl (C=O) groups is 3. The average Bonchev–Trinajstić information content (AvgIpc) is 3.12. The molecule has 0 fully saturated rings. The Labute approximate surface area is 178 Å². The van der Waals surface area contributed by atoms with Crippen molar-refractivity contribution in [1.29, 1.82) is 5.26 Å². The van der Waals surface area contributed by atoms with Crippen LogP contribution in [0.2, 0.25) is 0 Å². The summed E-state index contributed by atoms with van der Waals surface area (Å²) in [6, 6.07) is 5.91. The molecule has 0 aliphatic carbocycles. The highest BCUT2D eigenvalue weighted by Gasteiger charge is 2.27. The molecule has 2 aromatic rings. The van der Waals surface area contributed by atoms with Gasteiger partial charge in [0.15, 0.2) is 0 Å². The van der Waals surface area contributed by atoms with Gasteiger partial charge in [0.25, 0.3) is 0 Å². The minimum absolute atomic E-state index is 0.0280. The molecule has 0 saturated carbocycles. The van der Waals surface area contributed by atoms with E-state index in [2.05, 4.69) is 15.1 Å². The molecule has 1 aromatic carbocycles. The Bertz CT molecular complexity index is 1060. The summed E-state index contributed by atoms with van der Waals surface area (Å²) in [6.45, 7) is 3.29. The predicted octanol–water partition coefficient (Wildman–Crippen LogP) is 1.03. The molecule has 0 bridgehead atoms. The summed E-state index contributed by atoms with van der Waals surface area (Å²) in [6.07, 6.45) is 0.172. The molecular weight excluding hydrogens is 402 g/mol. The topological polar surface area (TPSA) is 169 Å². The van der Waals surface area contributed by atoms with Gasteiger partial charge in [-0.3, -0.25) is 9.59 Å². The molecule has 162 valence electrons. The average molecular weight is 425 g/mol. The number of Topliss-reactive ketones (excluding diaryl/α,β-unsaturated/α-hetero) is 1. The first-order valence-electron chi connectivity index (χ1n) is 9.64. The van der Waals surface area contributed by atoms with Gasteiger partial charge in [0.05, 0.1) is 17.7 Å². The van der Waals surface area contributed by atoms with Gasteiger partial charge in [0.1, 0.15) is 12.1 Å². The first-order chi connectivity index (χ1) is 14.7. The number of hydrogen-bond donors (Lipinski definition) is 3. The Balaban J connectivity index is 2.08. The van der Waals surface area contributed by atoms with Crippen LogP contribution in [0, 0.1) is 11.3 Å². The van der Waals surface area contributed by atoms with E-state index in [-0.39, 0.29) is 19.3 Å². The number of aromatic nitrogens is 1. The van der Waals surface area contributed by atoms with Gasteiger partial charge in [-0.25, -0.2) is 4.79 Å². The molecular formula is C21H23N5O5. The van der Waals surface area contributed by atoms with Crippen LogP contribution < -0.4 is 5.32 Å². The van der Waals surface area contributed by atoms with Gasteiger partial charge in [0.2, 0.25) is 11.7 Å². The van der Waals surface area contributed by atoms with Gasteiger partial charge in [-0.05, 0) is 38.0 Å². The zero-order chi connectivity index (χ0) is 23.0. The van der Waals surface area contributed by atoms with E-state index in [1.54, 1.807) is 38.2 Å². The van der Waals surface area contributed by atoms with Crippen molar-refractivity contribution < 1.29 is 29.0 Å². The van der Waals surface area contributed by atoms with Gasteiger partial charge < -0.3 is 25.7 Å². The zero-order valence-corrected chi connectivity index (χ0v) is 17.2. The molecule has 1 heterocycles. The second kappa shape index (κ2) is 10.8. The minimum atomic E-state index is -1.46. The van der Waals surface area contributed by atoms with Crippen LogP contribution in [0.1, 0.15) is 37.8 Å². The van der Waals surface area contributed by atoms with Crippen LogP contribution in [0.4, 0.5) is 0 Å². The number of carbonyl (C=O) groups excluding carboxylic acids is 3. The third-order valence-electron chi connectivity index (χ3n) is 4.45. The third-order valence-corrected chi connectivity index (χ3v) is 4.45. The van der Waals surface area contributed by atoms with Crippen molar-refractivity contribution in [2.75, 3.05) is 0 Å². The number of H-pyrrole nitrogens is 1. The predicted molar refractivity (Wildman–Crippen MR) is 110 cm³/mol. The van der Waals surface area contributed by atoms with E-state index in [1.807, 2.05) is 6.07 Å². The lowest BCUT2D eigenvalue weighted by Gasteiger charge is -2.20. The zero-order valence-electron chi connectivity index (χ0n) is 17.2. The number of ketones is 1. The molecule has 1 amide bonds. The van der Waals surface area contributed by atoms with Crippen LogP contribution in [-0.4, -0.2) is 57.0 Å². The molecule has 2 atom stereocenters. The maximum absolute atomic E-state index is 12.5. The second-order valence-electron chi connectivity index (χ2n) is 7.20. The molecule has 10 nitrogen and oxygen atoms in total. The summed E-state index contributed by atoms with van der Waals surface area (Å²) in [7, 11) is 0. The largest absolute Gasteiger partial charge is 0.461 e. The highest BCUT2D eigenvalue weighted by atomic mass is 16.5. The standard InChI is InChI=1S/C21H23N5O5/c1-12(2)31-21(30)17(6-4-15(27)11-25-23)26-20(29)19(28)8-14-10-24-18-7-13(9-22)3-5-16(14)18/h3,5,7,10-12,17,19,24,28H,4,6,8H2,1-2H3,(H,26,29)/t17-,19-/m0/s1. The van der Waals surface area contributed by atoms with E-state index in [4.69, 9.17) is 15.5 Å². The maximum Gasteiger partial charge on any atom is 0.328 e. The van der Waals surface area contributed by atoms with Gasteiger partial charge in [-0.2, -0.15) is 10.1 Å². The van der Waals surface area contributed by atoms with Crippen molar-refractivity contribution in [3.63, 3.8) is 0 Å². The number of nitrogens with zero attached hydrogens (tertiary/aromatic N) is 3. The fourth-order valence-electron chi connectivity index (χ4n) is 2.97. The number of aromatic amines is 1. The lowest BCUT2D eigenvalue weighted by Crippen LogP contribution is -2.47. The van der Waals surface area contributed by atoms with Crippen LogP contribution in [0.3, 0.4) is 0 Å².